The molecule has 3 N–H and O–H groups in total. The predicted molar refractivity (Wildman–Crippen MR) is 46.4 cm³/mol. The Morgan fingerprint density at radius 3 is 2.17 bits per heavy atom. The van der Waals surface area contributed by atoms with Gasteiger partial charge in [0.15, 0.2) is 9.84 Å². The van der Waals surface area contributed by atoms with E-state index in [0.29, 0.717) is 0 Å². The second kappa shape index (κ2) is 2.97. The maximum atomic E-state index is 11.4. The molecule has 72 valence electrons. The normalized spacial score (nSPS) is 40.6. The van der Waals surface area contributed by atoms with Gasteiger partial charge in [0, 0.05) is 6.04 Å². The first-order chi connectivity index (χ1) is 5.36. The fourth-order valence-corrected chi connectivity index (χ4v) is 4.15. The van der Waals surface area contributed by atoms with Crippen molar-refractivity contribution in [2.24, 2.45) is 11.7 Å². The van der Waals surface area contributed by atoms with Crippen molar-refractivity contribution in [2.45, 2.75) is 31.2 Å². The van der Waals surface area contributed by atoms with Crippen molar-refractivity contribution in [3.63, 3.8) is 0 Å². The van der Waals surface area contributed by atoms with Gasteiger partial charge in [0.05, 0.1) is 17.1 Å². The van der Waals surface area contributed by atoms with Crippen LogP contribution in [-0.4, -0.2) is 36.7 Å². The highest BCUT2D eigenvalue weighted by Gasteiger charge is 2.46. The molecule has 0 bridgehead atoms. The lowest BCUT2D eigenvalue weighted by Gasteiger charge is -2.18. The van der Waals surface area contributed by atoms with Gasteiger partial charge in [0.1, 0.15) is 0 Å². The molecule has 4 nitrogen and oxygen atoms in total. The third-order valence-electron chi connectivity index (χ3n) is 2.27. The fraction of sp³-hybridized carbons (Fsp3) is 1.00. The van der Waals surface area contributed by atoms with Crippen molar-refractivity contribution < 1.29 is 13.5 Å². The zero-order valence-corrected chi connectivity index (χ0v) is 8.08. The number of hydrogen-bond donors (Lipinski definition) is 2. The number of sulfone groups is 1. The molecule has 1 aliphatic heterocycles. The number of aliphatic hydroxyl groups excluding tert-OH is 1. The molecule has 0 spiro atoms. The lowest BCUT2D eigenvalue weighted by Crippen LogP contribution is -2.39. The van der Waals surface area contributed by atoms with Crippen LogP contribution in [-0.2, 0) is 9.84 Å². The Kier molecular flexibility index (Phi) is 2.47. The van der Waals surface area contributed by atoms with Crippen LogP contribution in [0.1, 0.15) is 13.8 Å². The van der Waals surface area contributed by atoms with E-state index in [1.54, 1.807) is 13.8 Å². The molecule has 5 heteroatoms. The van der Waals surface area contributed by atoms with E-state index in [1.165, 1.54) is 0 Å². The molecule has 0 amide bonds. The maximum absolute atomic E-state index is 11.4. The molecule has 0 aromatic carbocycles. The molecule has 3 unspecified atom stereocenters. The first kappa shape index (κ1) is 9.95. The van der Waals surface area contributed by atoms with E-state index >= 15 is 0 Å². The van der Waals surface area contributed by atoms with Crippen LogP contribution in [0.15, 0.2) is 0 Å². The summed E-state index contributed by atoms with van der Waals surface area (Å²) in [4.78, 5) is 0. The van der Waals surface area contributed by atoms with Crippen LogP contribution in [0.5, 0.6) is 0 Å². The molecule has 0 radical (unpaired) electrons. The zero-order valence-electron chi connectivity index (χ0n) is 7.27. The Morgan fingerprint density at radius 2 is 2.00 bits per heavy atom. The Bertz CT molecular complexity index is 260. The van der Waals surface area contributed by atoms with Gasteiger partial charge in [0.25, 0.3) is 0 Å². The summed E-state index contributed by atoms with van der Waals surface area (Å²) in [6, 6.07) is -0.609. The third kappa shape index (κ3) is 1.48. The largest absolute Gasteiger partial charge is 0.390 e. The van der Waals surface area contributed by atoms with E-state index in [1.807, 2.05) is 0 Å². The molecule has 0 saturated carbocycles. The minimum Gasteiger partial charge on any atom is -0.390 e. The monoisotopic (exact) mass is 193 g/mol. The van der Waals surface area contributed by atoms with Gasteiger partial charge in [-0.15, -0.1) is 0 Å². The van der Waals surface area contributed by atoms with E-state index in [2.05, 4.69) is 0 Å². The second-order valence-electron chi connectivity index (χ2n) is 3.69. The number of nitrogens with two attached hydrogens (primary N) is 1. The van der Waals surface area contributed by atoms with Crippen molar-refractivity contribution in [1.82, 2.24) is 0 Å². The quantitative estimate of drug-likeness (QED) is 0.567. The van der Waals surface area contributed by atoms with Crippen LogP contribution in [0.2, 0.25) is 0 Å². The van der Waals surface area contributed by atoms with Crippen molar-refractivity contribution in [3.05, 3.63) is 0 Å². The highest BCUT2D eigenvalue weighted by Crippen LogP contribution is 2.26. The van der Waals surface area contributed by atoms with Crippen LogP contribution < -0.4 is 5.73 Å². The van der Waals surface area contributed by atoms with Crippen molar-refractivity contribution in [3.8, 4) is 0 Å². The molecule has 1 heterocycles. The van der Waals surface area contributed by atoms with E-state index in [-0.39, 0.29) is 11.7 Å². The average molecular weight is 193 g/mol. The lowest BCUT2D eigenvalue weighted by molar-refractivity contribution is 0.142. The van der Waals surface area contributed by atoms with Gasteiger partial charge in [-0.1, -0.05) is 13.8 Å². The zero-order chi connectivity index (χ0) is 9.52. The molecule has 12 heavy (non-hydrogen) atoms. The van der Waals surface area contributed by atoms with E-state index in [4.69, 9.17) is 5.73 Å². The van der Waals surface area contributed by atoms with Gasteiger partial charge in [-0.3, -0.25) is 0 Å². The highest BCUT2D eigenvalue weighted by molar-refractivity contribution is 7.92. The molecule has 1 fully saturated rings. The fourth-order valence-electron chi connectivity index (χ4n) is 1.74. The summed E-state index contributed by atoms with van der Waals surface area (Å²) in [6.45, 7) is 3.56. The topological polar surface area (TPSA) is 80.4 Å². The Balaban J connectivity index is 2.98. The summed E-state index contributed by atoms with van der Waals surface area (Å²) in [5, 5.41) is 8.79. The van der Waals surface area contributed by atoms with E-state index in [0.717, 1.165) is 0 Å². The molecule has 0 aromatic rings. The van der Waals surface area contributed by atoms with E-state index in [9.17, 15) is 13.5 Å². The summed E-state index contributed by atoms with van der Waals surface area (Å²) in [7, 11) is -3.16. The Morgan fingerprint density at radius 1 is 1.50 bits per heavy atom. The lowest BCUT2D eigenvalue weighted by atomic mass is 10.0. The predicted octanol–water partition coefficient (Wildman–Crippen LogP) is -0.872. The van der Waals surface area contributed by atoms with Gasteiger partial charge in [-0.05, 0) is 5.92 Å². The summed E-state index contributed by atoms with van der Waals surface area (Å²) < 4.78 is 22.8. The van der Waals surface area contributed by atoms with Gasteiger partial charge >= 0.3 is 0 Å². The van der Waals surface area contributed by atoms with Gasteiger partial charge < -0.3 is 10.8 Å². The van der Waals surface area contributed by atoms with E-state index < -0.39 is 27.2 Å². The molecule has 1 saturated heterocycles. The van der Waals surface area contributed by atoms with Gasteiger partial charge in [-0.2, -0.15) is 0 Å². The van der Waals surface area contributed by atoms with Crippen LogP contribution in [0.4, 0.5) is 0 Å². The van der Waals surface area contributed by atoms with Crippen molar-refractivity contribution in [2.75, 3.05) is 5.75 Å². The number of hydrogen-bond acceptors (Lipinski definition) is 4. The molecule has 1 rings (SSSR count). The maximum Gasteiger partial charge on any atom is 0.157 e. The SMILES string of the molecule is CC(C)C1C(O)C(N)CS1(=O)=O. The molecular formula is C7H15NO3S. The van der Waals surface area contributed by atoms with Crippen molar-refractivity contribution >= 4 is 9.84 Å². The first-order valence-corrected chi connectivity index (χ1v) is 5.73. The summed E-state index contributed by atoms with van der Waals surface area (Å²) in [6.07, 6.45) is -0.894. The van der Waals surface area contributed by atoms with Crippen LogP contribution in [0.3, 0.4) is 0 Å². The van der Waals surface area contributed by atoms with Crippen LogP contribution in [0, 0.1) is 5.92 Å². The number of rotatable bonds is 1. The van der Waals surface area contributed by atoms with Crippen LogP contribution in [0.25, 0.3) is 0 Å². The molecular weight excluding hydrogens is 178 g/mol. The summed E-state index contributed by atoms with van der Waals surface area (Å²) in [5.41, 5.74) is 5.45. The average Bonchev–Trinajstić information content (AvgIpc) is 2.01. The molecule has 3 atom stereocenters. The van der Waals surface area contributed by atoms with Gasteiger partial charge in [0.2, 0.25) is 0 Å². The van der Waals surface area contributed by atoms with Crippen LogP contribution >= 0.6 is 0 Å². The molecule has 0 aliphatic carbocycles. The minimum atomic E-state index is -3.16. The smallest absolute Gasteiger partial charge is 0.157 e. The second-order valence-corrected chi connectivity index (χ2v) is 5.90. The summed E-state index contributed by atoms with van der Waals surface area (Å²) >= 11 is 0. The highest BCUT2D eigenvalue weighted by atomic mass is 32.2. The summed E-state index contributed by atoms with van der Waals surface area (Å²) in [5.74, 6) is -0.157. The number of aliphatic hydroxyl groups is 1. The Labute approximate surface area is 72.7 Å². The van der Waals surface area contributed by atoms with Gasteiger partial charge in [-0.25, -0.2) is 8.42 Å². The molecule has 0 aromatic heterocycles. The standard InChI is InChI=1S/C7H15NO3S/c1-4(2)7-6(9)5(8)3-12(7,10)11/h4-7,9H,3,8H2,1-2H3. The van der Waals surface area contributed by atoms with Crippen molar-refractivity contribution in [1.29, 1.82) is 0 Å². The molecule has 1 aliphatic rings. The Hall–Kier alpha value is -0.130. The third-order valence-corrected chi connectivity index (χ3v) is 4.77. The minimum absolute atomic E-state index is 0.0708. The first-order valence-electron chi connectivity index (χ1n) is 4.01.